The molecule has 0 heterocycles. The third kappa shape index (κ3) is 4.33. The van der Waals surface area contributed by atoms with Crippen molar-refractivity contribution in [3.63, 3.8) is 0 Å². The fourth-order valence-corrected chi connectivity index (χ4v) is 1.97. The summed E-state index contributed by atoms with van der Waals surface area (Å²) in [6.07, 6.45) is 0. The molecule has 0 aliphatic carbocycles. The molecule has 0 saturated carbocycles. The number of anilines is 1. The maximum Gasteiger partial charge on any atom is 0.387 e. The quantitative estimate of drug-likeness (QED) is 0.889. The number of alkyl halides is 2. The topological polar surface area (TPSA) is 45.0 Å². The SMILES string of the molecule is N#Cc1ccc(NCc2cccc(OC(F)F)c2)cc1Cl. The van der Waals surface area contributed by atoms with Gasteiger partial charge in [-0.05, 0) is 35.9 Å². The molecule has 3 nitrogen and oxygen atoms in total. The highest BCUT2D eigenvalue weighted by Crippen LogP contribution is 2.21. The first-order valence-electron chi connectivity index (χ1n) is 6.06. The zero-order valence-corrected chi connectivity index (χ0v) is 11.6. The normalized spacial score (nSPS) is 10.2. The molecule has 0 aliphatic heterocycles. The summed E-state index contributed by atoms with van der Waals surface area (Å²) < 4.78 is 28.6. The number of hydrogen-bond acceptors (Lipinski definition) is 3. The molecular weight excluding hydrogens is 298 g/mol. The van der Waals surface area contributed by atoms with Gasteiger partial charge in [-0.15, -0.1) is 0 Å². The predicted octanol–water partition coefficient (Wildman–Crippen LogP) is 4.43. The van der Waals surface area contributed by atoms with Gasteiger partial charge < -0.3 is 10.1 Å². The van der Waals surface area contributed by atoms with Gasteiger partial charge in [0.25, 0.3) is 0 Å². The van der Waals surface area contributed by atoms with Crippen molar-refractivity contribution in [2.24, 2.45) is 0 Å². The average Bonchev–Trinajstić information content (AvgIpc) is 2.45. The van der Waals surface area contributed by atoms with Crippen molar-refractivity contribution < 1.29 is 13.5 Å². The van der Waals surface area contributed by atoms with Gasteiger partial charge in [0.1, 0.15) is 11.8 Å². The van der Waals surface area contributed by atoms with E-state index in [1.54, 1.807) is 30.3 Å². The van der Waals surface area contributed by atoms with Gasteiger partial charge in [-0.2, -0.15) is 14.0 Å². The molecule has 2 aromatic carbocycles. The van der Waals surface area contributed by atoms with Crippen molar-refractivity contribution in [1.29, 1.82) is 5.26 Å². The Morgan fingerprint density at radius 3 is 2.71 bits per heavy atom. The maximum atomic E-state index is 12.1. The molecule has 0 atom stereocenters. The third-order valence-electron chi connectivity index (χ3n) is 2.71. The number of ether oxygens (including phenoxy) is 1. The van der Waals surface area contributed by atoms with E-state index in [0.717, 1.165) is 11.3 Å². The summed E-state index contributed by atoms with van der Waals surface area (Å²) in [6.45, 7) is -2.42. The van der Waals surface area contributed by atoms with E-state index >= 15 is 0 Å². The van der Waals surface area contributed by atoms with Gasteiger partial charge in [0.05, 0.1) is 10.6 Å². The van der Waals surface area contributed by atoms with Gasteiger partial charge in [0.15, 0.2) is 0 Å². The van der Waals surface area contributed by atoms with Gasteiger partial charge in [0.2, 0.25) is 0 Å². The predicted molar refractivity (Wildman–Crippen MR) is 76.6 cm³/mol. The Morgan fingerprint density at radius 1 is 1.24 bits per heavy atom. The zero-order chi connectivity index (χ0) is 15.2. The van der Waals surface area contributed by atoms with Crippen LogP contribution in [-0.2, 0) is 6.54 Å². The van der Waals surface area contributed by atoms with Crippen LogP contribution in [0.5, 0.6) is 5.75 Å². The number of hydrogen-bond donors (Lipinski definition) is 1. The Hall–Kier alpha value is -2.32. The van der Waals surface area contributed by atoms with Crippen molar-refractivity contribution in [3.8, 4) is 11.8 Å². The smallest absolute Gasteiger partial charge is 0.387 e. The number of rotatable bonds is 5. The third-order valence-corrected chi connectivity index (χ3v) is 3.02. The molecule has 6 heteroatoms. The average molecular weight is 309 g/mol. The van der Waals surface area contributed by atoms with Gasteiger partial charge in [-0.3, -0.25) is 0 Å². The van der Waals surface area contributed by atoms with Crippen LogP contribution in [0, 0.1) is 11.3 Å². The van der Waals surface area contributed by atoms with Gasteiger partial charge in [-0.25, -0.2) is 0 Å². The van der Waals surface area contributed by atoms with Gasteiger partial charge >= 0.3 is 6.61 Å². The first-order valence-corrected chi connectivity index (χ1v) is 6.43. The van der Waals surface area contributed by atoms with Crippen LogP contribution < -0.4 is 10.1 Å². The summed E-state index contributed by atoms with van der Waals surface area (Å²) >= 11 is 5.93. The van der Waals surface area contributed by atoms with Crippen LogP contribution in [0.2, 0.25) is 5.02 Å². The number of halogens is 3. The second-order valence-corrected chi connectivity index (χ2v) is 4.59. The zero-order valence-electron chi connectivity index (χ0n) is 10.8. The van der Waals surface area contributed by atoms with E-state index in [2.05, 4.69) is 10.1 Å². The van der Waals surface area contributed by atoms with Crippen LogP contribution >= 0.6 is 11.6 Å². The van der Waals surface area contributed by atoms with E-state index in [-0.39, 0.29) is 5.75 Å². The van der Waals surface area contributed by atoms with Crippen LogP contribution in [0.15, 0.2) is 42.5 Å². The monoisotopic (exact) mass is 308 g/mol. The largest absolute Gasteiger partial charge is 0.435 e. The lowest BCUT2D eigenvalue weighted by atomic mass is 10.2. The van der Waals surface area contributed by atoms with E-state index in [9.17, 15) is 8.78 Å². The van der Waals surface area contributed by atoms with E-state index in [1.807, 2.05) is 6.07 Å². The van der Waals surface area contributed by atoms with Crippen molar-refractivity contribution >= 4 is 17.3 Å². The molecule has 0 aliphatic rings. The highest BCUT2D eigenvalue weighted by atomic mass is 35.5. The molecule has 0 spiro atoms. The maximum absolute atomic E-state index is 12.1. The van der Waals surface area contributed by atoms with E-state index in [0.29, 0.717) is 17.1 Å². The van der Waals surface area contributed by atoms with Crippen molar-refractivity contribution in [2.75, 3.05) is 5.32 Å². The van der Waals surface area contributed by atoms with Crippen LogP contribution in [0.1, 0.15) is 11.1 Å². The molecule has 2 aromatic rings. The van der Waals surface area contributed by atoms with E-state index in [1.165, 1.54) is 12.1 Å². The number of nitrogens with zero attached hydrogens (tertiary/aromatic N) is 1. The van der Waals surface area contributed by atoms with Crippen LogP contribution in [-0.4, -0.2) is 6.61 Å². The summed E-state index contributed by atoms with van der Waals surface area (Å²) in [5, 5.41) is 12.2. The molecule has 21 heavy (non-hydrogen) atoms. The van der Waals surface area contributed by atoms with Crippen molar-refractivity contribution in [3.05, 3.63) is 58.6 Å². The lowest BCUT2D eigenvalue weighted by Crippen LogP contribution is -2.03. The number of nitriles is 1. The minimum Gasteiger partial charge on any atom is -0.435 e. The molecule has 108 valence electrons. The Balaban J connectivity index is 2.03. The molecule has 0 aromatic heterocycles. The Kier molecular flexibility index (Phi) is 4.96. The minimum absolute atomic E-state index is 0.113. The molecule has 1 N–H and O–H groups in total. The second kappa shape index (κ2) is 6.91. The summed E-state index contributed by atoms with van der Waals surface area (Å²) in [7, 11) is 0. The summed E-state index contributed by atoms with van der Waals surface area (Å²) in [4.78, 5) is 0. The molecule has 0 amide bonds. The highest BCUT2D eigenvalue weighted by Gasteiger charge is 2.05. The van der Waals surface area contributed by atoms with Crippen LogP contribution in [0.25, 0.3) is 0 Å². The van der Waals surface area contributed by atoms with Crippen LogP contribution in [0.4, 0.5) is 14.5 Å². The molecular formula is C15H11ClF2N2O. The highest BCUT2D eigenvalue weighted by molar-refractivity contribution is 6.32. The fourth-order valence-electron chi connectivity index (χ4n) is 1.75. The molecule has 0 radical (unpaired) electrons. The summed E-state index contributed by atoms with van der Waals surface area (Å²) in [5.41, 5.74) is 1.92. The second-order valence-electron chi connectivity index (χ2n) is 4.19. The molecule has 0 fully saturated rings. The Labute approximate surface area is 125 Å². The minimum atomic E-state index is -2.84. The summed E-state index contributed by atoms with van der Waals surface area (Å²) in [5.74, 6) is 0.113. The van der Waals surface area contributed by atoms with Crippen LogP contribution in [0.3, 0.4) is 0 Å². The Morgan fingerprint density at radius 2 is 2.05 bits per heavy atom. The van der Waals surface area contributed by atoms with Crippen molar-refractivity contribution in [1.82, 2.24) is 0 Å². The fraction of sp³-hybridized carbons (Fsp3) is 0.133. The number of benzene rings is 2. The first-order chi connectivity index (χ1) is 10.1. The van der Waals surface area contributed by atoms with Gasteiger partial charge in [-0.1, -0.05) is 23.7 Å². The number of nitrogens with one attached hydrogen (secondary N) is 1. The summed E-state index contributed by atoms with van der Waals surface area (Å²) in [6, 6.07) is 13.4. The first kappa shape index (κ1) is 15.1. The molecule has 2 rings (SSSR count). The lowest BCUT2D eigenvalue weighted by Gasteiger charge is -2.09. The van der Waals surface area contributed by atoms with E-state index < -0.39 is 6.61 Å². The Bertz CT molecular complexity index is 671. The van der Waals surface area contributed by atoms with E-state index in [4.69, 9.17) is 16.9 Å². The van der Waals surface area contributed by atoms with Crippen molar-refractivity contribution in [2.45, 2.75) is 13.2 Å². The molecule has 0 bridgehead atoms. The molecule has 0 saturated heterocycles. The molecule has 0 unspecified atom stereocenters. The van der Waals surface area contributed by atoms with Gasteiger partial charge in [0, 0.05) is 12.2 Å². The standard InChI is InChI=1S/C15H11ClF2N2O/c16-14-7-12(5-4-11(14)8-19)20-9-10-2-1-3-13(6-10)21-15(17)18/h1-7,15,20H,9H2. The lowest BCUT2D eigenvalue weighted by molar-refractivity contribution is -0.0498.